The zero-order valence-corrected chi connectivity index (χ0v) is 17.1. The summed E-state index contributed by atoms with van der Waals surface area (Å²) < 4.78 is 7.15. The van der Waals surface area contributed by atoms with Crippen LogP contribution in [-0.4, -0.2) is 45.1 Å². The van der Waals surface area contributed by atoms with E-state index in [1.165, 1.54) is 11.8 Å². The van der Waals surface area contributed by atoms with Crippen LogP contribution in [0.3, 0.4) is 0 Å². The first-order valence-electron chi connectivity index (χ1n) is 8.60. The number of ether oxygens (including phenoxy) is 1. The van der Waals surface area contributed by atoms with E-state index in [0.717, 1.165) is 22.6 Å². The number of benzene rings is 1. The maximum absolute atomic E-state index is 12.4. The van der Waals surface area contributed by atoms with Gasteiger partial charge in [-0.1, -0.05) is 23.4 Å². The van der Waals surface area contributed by atoms with Crippen LogP contribution in [0.5, 0.6) is 0 Å². The first-order chi connectivity index (χ1) is 13.6. The molecule has 0 saturated heterocycles. The lowest BCUT2D eigenvalue weighted by Gasteiger charge is -2.10. The second-order valence-electron chi connectivity index (χ2n) is 5.98. The lowest BCUT2D eigenvalue weighted by molar-refractivity contribution is -0.113. The van der Waals surface area contributed by atoms with Crippen molar-refractivity contribution in [1.82, 2.24) is 19.7 Å². The Labute approximate surface area is 172 Å². The van der Waals surface area contributed by atoms with Gasteiger partial charge < -0.3 is 10.1 Å². The van der Waals surface area contributed by atoms with E-state index in [9.17, 15) is 4.79 Å². The van der Waals surface area contributed by atoms with Gasteiger partial charge in [0.1, 0.15) is 0 Å². The van der Waals surface area contributed by atoms with E-state index in [4.69, 9.17) is 16.3 Å². The standard InChI is InChI=1S/C19H20ClN5O2S/c1-13-11-15(20)3-4-16(13)22-17(26)12-28-19-24-23-18(25(19)9-10-27-2)14-5-7-21-8-6-14/h3-8,11H,9-10,12H2,1-2H3,(H,22,26). The minimum atomic E-state index is -0.123. The molecule has 9 heteroatoms. The van der Waals surface area contributed by atoms with Crippen molar-refractivity contribution >= 4 is 35.0 Å². The maximum atomic E-state index is 12.4. The van der Waals surface area contributed by atoms with E-state index in [0.29, 0.717) is 23.3 Å². The summed E-state index contributed by atoms with van der Waals surface area (Å²) in [6, 6.07) is 9.10. The molecule has 0 aliphatic carbocycles. The molecule has 1 amide bonds. The summed E-state index contributed by atoms with van der Waals surface area (Å²) in [5, 5.41) is 12.7. The lowest BCUT2D eigenvalue weighted by atomic mass is 10.2. The van der Waals surface area contributed by atoms with Crippen molar-refractivity contribution in [1.29, 1.82) is 0 Å². The molecule has 0 unspecified atom stereocenters. The Bertz CT molecular complexity index is 949. The number of carbonyl (C=O) groups excluding carboxylic acids is 1. The summed E-state index contributed by atoms with van der Waals surface area (Å²) in [5.41, 5.74) is 2.56. The third-order valence-electron chi connectivity index (χ3n) is 3.97. The molecule has 0 atom stereocenters. The molecule has 3 rings (SSSR count). The molecule has 146 valence electrons. The average molecular weight is 418 g/mol. The number of aryl methyl sites for hydroxylation is 1. The molecule has 0 radical (unpaired) electrons. The van der Waals surface area contributed by atoms with Gasteiger partial charge in [0.15, 0.2) is 11.0 Å². The van der Waals surface area contributed by atoms with Crippen LogP contribution in [0.15, 0.2) is 47.9 Å². The topological polar surface area (TPSA) is 81.9 Å². The van der Waals surface area contributed by atoms with Crippen molar-refractivity contribution in [3.63, 3.8) is 0 Å². The molecule has 1 aromatic carbocycles. The number of thioether (sulfide) groups is 1. The summed E-state index contributed by atoms with van der Waals surface area (Å²) in [7, 11) is 1.64. The van der Waals surface area contributed by atoms with E-state index in [2.05, 4.69) is 20.5 Å². The van der Waals surface area contributed by atoms with Crippen LogP contribution in [0.1, 0.15) is 5.56 Å². The number of rotatable bonds is 8. The number of nitrogens with one attached hydrogen (secondary N) is 1. The van der Waals surface area contributed by atoms with Crippen molar-refractivity contribution in [2.45, 2.75) is 18.6 Å². The van der Waals surface area contributed by atoms with Crippen LogP contribution in [0.4, 0.5) is 5.69 Å². The molecule has 28 heavy (non-hydrogen) atoms. The van der Waals surface area contributed by atoms with Gasteiger partial charge in [0.05, 0.1) is 18.9 Å². The van der Waals surface area contributed by atoms with Gasteiger partial charge in [-0.2, -0.15) is 0 Å². The highest BCUT2D eigenvalue weighted by atomic mass is 35.5. The fraction of sp³-hybridized carbons (Fsp3) is 0.263. The molecule has 0 spiro atoms. The predicted octanol–water partition coefficient (Wildman–Crippen LogP) is 3.68. The van der Waals surface area contributed by atoms with Crippen LogP contribution in [-0.2, 0) is 16.1 Å². The van der Waals surface area contributed by atoms with Crippen molar-refractivity contribution in [3.05, 3.63) is 53.3 Å². The van der Waals surface area contributed by atoms with Crippen LogP contribution < -0.4 is 5.32 Å². The largest absolute Gasteiger partial charge is 0.383 e. The molecule has 0 bridgehead atoms. The SMILES string of the molecule is COCCn1c(SCC(=O)Nc2ccc(Cl)cc2C)nnc1-c1ccncc1. The van der Waals surface area contributed by atoms with Crippen LogP contribution in [0.2, 0.25) is 5.02 Å². The number of halogens is 1. The molecule has 1 N–H and O–H groups in total. The summed E-state index contributed by atoms with van der Waals surface area (Å²) in [4.78, 5) is 16.4. The third-order valence-corrected chi connectivity index (χ3v) is 5.17. The van der Waals surface area contributed by atoms with E-state index in [-0.39, 0.29) is 11.7 Å². The maximum Gasteiger partial charge on any atom is 0.234 e. The number of hydrogen-bond donors (Lipinski definition) is 1. The molecule has 3 aromatic rings. The molecule has 2 heterocycles. The first kappa shape index (κ1) is 20.3. The highest BCUT2D eigenvalue weighted by Gasteiger charge is 2.16. The summed E-state index contributed by atoms with van der Waals surface area (Å²) in [6.07, 6.45) is 3.42. The molecule has 0 aliphatic rings. The number of hydrogen-bond acceptors (Lipinski definition) is 6. The highest BCUT2D eigenvalue weighted by molar-refractivity contribution is 7.99. The van der Waals surface area contributed by atoms with Gasteiger partial charge in [-0.3, -0.25) is 14.3 Å². The minimum Gasteiger partial charge on any atom is -0.383 e. The smallest absolute Gasteiger partial charge is 0.234 e. The number of methoxy groups -OCH3 is 1. The number of nitrogens with zero attached hydrogens (tertiary/aromatic N) is 4. The molecule has 0 aliphatic heterocycles. The number of carbonyl (C=O) groups is 1. The fourth-order valence-electron chi connectivity index (χ4n) is 2.58. The summed E-state index contributed by atoms with van der Waals surface area (Å²) in [5.74, 6) is 0.807. The quantitative estimate of drug-likeness (QED) is 0.563. The number of amides is 1. The van der Waals surface area contributed by atoms with E-state index in [1.807, 2.05) is 29.7 Å². The van der Waals surface area contributed by atoms with Gasteiger partial charge in [0.2, 0.25) is 5.91 Å². The molecule has 0 saturated carbocycles. The van der Waals surface area contributed by atoms with Crippen molar-refractivity contribution in [2.24, 2.45) is 0 Å². The highest BCUT2D eigenvalue weighted by Crippen LogP contribution is 2.24. The van der Waals surface area contributed by atoms with Gasteiger partial charge in [-0.05, 0) is 42.8 Å². The average Bonchev–Trinajstić information content (AvgIpc) is 3.10. The van der Waals surface area contributed by atoms with Gasteiger partial charge in [-0.15, -0.1) is 10.2 Å². The molecular formula is C19H20ClN5O2S. The molecule has 7 nitrogen and oxygen atoms in total. The first-order valence-corrected chi connectivity index (χ1v) is 9.96. The Morgan fingerprint density at radius 1 is 1.25 bits per heavy atom. The zero-order chi connectivity index (χ0) is 19.9. The van der Waals surface area contributed by atoms with Crippen molar-refractivity contribution in [2.75, 3.05) is 24.8 Å². The molecule has 0 fully saturated rings. The second kappa shape index (κ2) is 9.68. The second-order valence-corrected chi connectivity index (χ2v) is 7.36. The third kappa shape index (κ3) is 5.09. The van der Waals surface area contributed by atoms with Crippen molar-refractivity contribution in [3.8, 4) is 11.4 Å². The van der Waals surface area contributed by atoms with Gasteiger partial charge in [0.25, 0.3) is 0 Å². The monoisotopic (exact) mass is 417 g/mol. The van der Waals surface area contributed by atoms with E-state index >= 15 is 0 Å². The lowest BCUT2D eigenvalue weighted by Crippen LogP contribution is -2.15. The van der Waals surface area contributed by atoms with E-state index in [1.54, 1.807) is 31.6 Å². The number of pyridine rings is 1. The van der Waals surface area contributed by atoms with Gasteiger partial charge in [-0.25, -0.2) is 0 Å². The van der Waals surface area contributed by atoms with Crippen LogP contribution in [0.25, 0.3) is 11.4 Å². The number of anilines is 1. The Kier molecular flexibility index (Phi) is 7.02. The Morgan fingerprint density at radius 2 is 2.04 bits per heavy atom. The summed E-state index contributed by atoms with van der Waals surface area (Å²) >= 11 is 7.29. The van der Waals surface area contributed by atoms with Gasteiger partial charge >= 0.3 is 0 Å². The zero-order valence-electron chi connectivity index (χ0n) is 15.6. The van der Waals surface area contributed by atoms with Gasteiger partial charge in [0, 0.05) is 35.8 Å². The predicted molar refractivity (Wildman–Crippen MR) is 111 cm³/mol. The van der Waals surface area contributed by atoms with Crippen LogP contribution in [0, 0.1) is 6.92 Å². The normalized spacial score (nSPS) is 10.8. The summed E-state index contributed by atoms with van der Waals surface area (Å²) in [6.45, 7) is 3.00. The molecular weight excluding hydrogens is 398 g/mol. The number of aromatic nitrogens is 4. The Hall–Kier alpha value is -2.42. The van der Waals surface area contributed by atoms with Crippen molar-refractivity contribution < 1.29 is 9.53 Å². The minimum absolute atomic E-state index is 0.123. The Balaban J connectivity index is 1.71. The Morgan fingerprint density at radius 3 is 2.75 bits per heavy atom. The van der Waals surface area contributed by atoms with Crippen LogP contribution >= 0.6 is 23.4 Å². The van der Waals surface area contributed by atoms with E-state index < -0.39 is 0 Å². The molecule has 2 aromatic heterocycles. The fourth-order valence-corrected chi connectivity index (χ4v) is 3.57.